The number of carbonyl (C=O) groups excluding carboxylic acids is 3. The van der Waals surface area contributed by atoms with E-state index in [2.05, 4.69) is 6.92 Å². The summed E-state index contributed by atoms with van der Waals surface area (Å²) in [5, 5.41) is 10.6. The molecule has 1 aromatic rings. The van der Waals surface area contributed by atoms with Gasteiger partial charge in [-0.2, -0.15) is 0 Å². The molecule has 5 rings (SSSR count). The minimum atomic E-state index is -1.33. The average Bonchev–Trinajstić information content (AvgIpc) is 3.32. The number of rotatable bonds is 7. The second-order valence-electron chi connectivity index (χ2n) is 11.2. The fourth-order valence-electron chi connectivity index (χ4n) is 6.87. The summed E-state index contributed by atoms with van der Waals surface area (Å²) in [7, 11) is 0. The molecule has 8 nitrogen and oxygen atoms in total. The van der Waals surface area contributed by atoms with E-state index in [1.807, 2.05) is 66.5 Å². The van der Waals surface area contributed by atoms with Crippen molar-refractivity contribution in [3.05, 3.63) is 60.2 Å². The molecule has 7 atom stereocenters. The molecule has 4 aliphatic rings. The molecule has 0 aromatic heterocycles. The van der Waals surface area contributed by atoms with Gasteiger partial charge in [0, 0.05) is 12.6 Å². The number of hydrogen-bond acceptors (Lipinski definition) is 6. The smallest absolute Gasteiger partial charge is 0.312 e. The fourth-order valence-corrected chi connectivity index (χ4v) is 6.87. The number of amides is 2. The Labute approximate surface area is 230 Å². The first-order valence-electron chi connectivity index (χ1n) is 14.4. The molecule has 0 saturated carbocycles. The number of ether oxygens (including phenoxy) is 2. The van der Waals surface area contributed by atoms with Crippen LogP contribution in [-0.4, -0.2) is 82.3 Å². The summed E-state index contributed by atoms with van der Waals surface area (Å²) in [5.41, 5.74) is -0.380. The van der Waals surface area contributed by atoms with Gasteiger partial charge in [-0.3, -0.25) is 14.4 Å². The van der Waals surface area contributed by atoms with E-state index in [9.17, 15) is 19.5 Å². The third-order valence-electron chi connectivity index (χ3n) is 8.73. The van der Waals surface area contributed by atoms with Crippen LogP contribution in [0.5, 0.6) is 0 Å². The highest BCUT2D eigenvalue weighted by atomic mass is 16.6. The van der Waals surface area contributed by atoms with E-state index in [0.29, 0.717) is 19.6 Å². The summed E-state index contributed by atoms with van der Waals surface area (Å²) in [5.74, 6) is -2.80. The van der Waals surface area contributed by atoms with Crippen molar-refractivity contribution in [2.45, 2.75) is 82.2 Å². The highest BCUT2D eigenvalue weighted by Gasteiger charge is 2.72. The maximum absolute atomic E-state index is 14.4. The topological polar surface area (TPSA) is 96.4 Å². The summed E-state index contributed by atoms with van der Waals surface area (Å²) in [6, 6.07) is 7.95. The van der Waals surface area contributed by atoms with Crippen LogP contribution in [0.3, 0.4) is 0 Å². The van der Waals surface area contributed by atoms with Crippen molar-refractivity contribution < 1.29 is 29.0 Å². The molecule has 0 aliphatic carbocycles. The number of hydrogen-bond donors (Lipinski definition) is 1. The molecule has 1 aromatic carbocycles. The largest absolute Gasteiger partial charge is 0.465 e. The number of carbonyl (C=O) groups is 3. The molecule has 2 fully saturated rings. The van der Waals surface area contributed by atoms with Crippen molar-refractivity contribution in [3.63, 3.8) is 0 Å². The lowest BCUT2D eigenvalue weighted by Gasteiger charge is -2.40. The van der Waals surface area contributed by atoms with Crippen LogP contribution in [-0.2, 0) is 30.3 Å². The third-order valence-corrected chi connectivity index (χ3v) is 8.73. The van der Waals surface area contributed by atoms with E-state index >= 15 is 0 Å². The Hall–Kier alpha value is -2.97. The van der Waals surface area contributed by atoms with Gasteiger partial charge in [0.2, 0.25) is 11.8 Å². The molecule has 0 bridgehead atoms. The van der Waals surface area contributed by atoms with E-state index in [0.717, 1.165) is 37.7 Å². The van der Waals surface area contributed by atoms with Gasteiger partial charge in [0.25, 0.3) is 0 Å². The minimum Gasteiger partial charge on any atom is -0.465 e. The molecule has 210 valence electrons. The normalized spacial score (nSPS) is 33.1. The molecule has 4 aliphatic heterocycles. The number of aliphatic hydroxyl groups excluding tert-OH is 1. The summed E-state index contributed by atoms with van der Waals surface area (Å²) in [4.78, 5) is 45.7. The first-order valence-corrected chi connectivity index (χ1v) is 14.4. The Morgan fingerprint density at radius 1 is 1.10 bits per heavy atom. The lowest BCUT2D eigenvalue weighted by atomic mass is 9.77. The molecule has 2 unspecified atom stereocenters. The summed E-state index contributed by atoms with van der Waals surface area (Å²) >= 11 is 0. The first kappa shape index (κ1) is 27.6. The van der Waals surface area contributed by atoms with Crippen molar-refractivity contribution in [2.75, 3.05) is 19.8 Å². The van der Waals surface area contributed by atoms with Gasteiger partial charge in [0.05, 0.1) is 31.3 Å². The Morgan fingerprint density at radius 3 is 2.64 bits per heavy atom. The SMILES string of the molecule is CCCC(C)N1CC=C[C@]23O[C@H]4/C=C\CCCCOC(=O)[C@H]4[C@H]2C(=O)N([C@@H](CO)Cc2ccccc2)C3C1=O. The number of aliphatic hydroxyl groups is 1. The molecule has 4 heterocycles. The fraction of sp³-hybridized carbons (Fsp3) is 0.581. The second-order valence-corrected chi connectivity index (χ2v) is 11.2. The van der Waals surface area contributed by atoms with Gasteiger partial charge in [-0.1, -0.05) is 68.0 Å². The van der Waals surface area contributed by atoms with Crippen LogP contribution in [0, 0.1) is 11.8 Å². The number of fused-ring (bicyclic) bond motifs is 2. The monoisotopic (exact) mass is 536 g/mol. The van der Waals surface area contributed by atoms with E-state index in [4.69, 9.17) is 9.47 Å². The zero-order chi connectivity index (χ0) is 27.6. The maximum atomic E-state index is 14.4. The number of likely N-dealkylation sites (tertiary alicyclic amines) is 1. The van der Waals surface area contributed by atoms with Gasteiger partial charge < -0.3 is 24.4 Å². The van der Waals surface area contributed by atoms with Gasteiger partial charge in [-0.15, -0.1) is 0 Å². The Balaban J connectivity index is 1.61. The summed E-state index contributed by atoms with van der Waals surface area (Å²) < 4.78 is 12.3. The molecule has 1 N–H and O–H groups in total. The van der Waals surface area contributed by atoms with Crippen LogP contribution in [0.2, 0.25) is 0 Å². The number of nitrogens with zero attached hydrogens (tertiary/aromatic N) is 2. The number of benzene rings is 1. The number of allylic oxidation sites excluding steroid dienone is 1. The van der Waals surface area contributed by atoms with Crippen molar-refractivity contribution in [3.8, 4) is 0 Å². The minimum absolute atomic E-state index is 0.0352. The van der Waals surface area contributed by atoms with Crippen molar-refractivity contribution in [1.29, 1.82) is 0 Å². The highest BCUT2D eigenvalue weighted by Crippen LogP contribution is 2.53. The lowest BCUT2D eigenvalue weighted by Crippen LogP contribution is -2.59. The zero-order valence-corrected chi connectivity index (χ0v) is 22.9. The van der Waals surface area contributed by atoms with Crippen molar-refractivity contribution in [1.82, 2.24) is 9.80 Å². The number of esters is 1. The predicted octanol–water partition coefficient (Wildman–Crippen LogP) is 3.04. The third kappa shape index (κ3) is 4.93. The van der Waals surface area contributed by atoms with Crippen molar-refractivity contribution >= 4 is 17.8 Å². The molecule has 0 radical (unpaired) electrons. The second kappa shape index (κ2) is 11.6. The molecule has 2 saturated heterocycles. The number of cyclic esters (lactones) is 1. The van der Waals surface area contributed by atoms with Crippen LogP contribution in [0.4, 0.5) is 0 Å². The van der Waals surface area contributed by atoms with E-state index in [1.165, 1.54) is 4.90 Å². The van der Waals surface area contributed by atoms with E-state index in [-0.39, 0.29) is 24.5 Å². The van der Waals surface area contributed by atoms with Gasteiger partial charge in [-0.05, 0) is 44.6 Å². The quantitative estimate of drug-likeness (QED) is 0.425. The van der Waals surface area contributed by atoms with Crippen molar-refractivity contribution in [2.24, 2.45) is 11.8 Å². The van der Waals surface area contributed by atoms with E-state index < -0.39 is 41.6 Å². The zero-order valence-electron chi connectivity index (χ0n) is 22.9. The Morgan fingerprint density at radius 2 is 1.90 bits per heavy atom. The lowest BCUT2D eigenvalue weighted by molar-refractivity contribution is -0.156. The van der Waals surface area contributed by atoms with Gasteiger partial charge in [0.1, 0.15) is 17.6 Å². The van der Waals surface area contributed by atoms with Crippen LogP contribution in [0.15, 0.2) is 54.6 Å². The first-order chi connectivity index (χ1) is 18.9. The summed E-state index contributed by atoms with van der Waals surface area (Å²) in [6.45, 7) is 4.48. The van der Waals surface area contributed by atoms with Crippen LogP contribution < -0.4 is 0 Å². The van der Waals surface area contributed by atoms with Gasteiger partial charge >= 0.3 is 5.97 Å². The standard InChI is InChI=1S/C31H40N2O6/c1-3-12-21(2)32-17-11-16-31-26(25-24(39-31)15-9-4-5-10-18-38-30(25)37)28(35)33(27(31)29(32)36)23(20-34)19-22-13-7-6-8-14-22/h6-9,11,13-16,21,23-27,34H,3-5,10,12,17-20H2,1-2H3/b15-9-/t21?,23-,24+,25-,26+,27?,31+/m1/s1. The molecule has 1 spiro atoms. The Kier molecular flexibility index (Phi) is 8.24. The van der Waals surface area contributed by atoms with Gasteiger partial charge in [-0.25, -0.2) is 0 Å². The van der Waals surface area contributed by atoms with Crippen LogP contribution >= 0.6 is 0 Å². The Bertz CT molecular complexity index is 1120. The van der Waals surface area contributed by atoms with E-state index in [1.54, 1.807) is 0 Å². The van der Waals surface area contributed by atoms with Gasteiger partial charge in [0.15, 0.2) is 0 Å². The molecule has 2 amide bonds. The van der Waals surface area contributed by atoms with Crippen LogP contribution in [0.25, 0.3) is 0 Å². The summed E-state index contributed by atoms with van der Waals surface area (Å²) in [6.07, 6.45) is 11.5. The highest BCUT2D eigenvalue weighted by molar-refractivity contribution is 5.99. The predicted molar refractivity (Wildman–Crippen MR) is 145 cm³/mol. The maximum Gasteiger partial charge on any atom is 0.312 e. The molecule has 39 heavy (non-hydrogen) atoms. The molecular weight excluding hydrogens is 496 g/mol. The van der Waals surface area contributed by atoms with Crippen LogP contribution in [0.1, 0.15) is 51.5 Å². The average molecular weight is 537 g/mol. The molecular formula is C31H40N2O6. The molecule has 8 heteroatoms.